The Bertz CT molecular complexity index is 324. The fourth-order valence-corrected chi connectivity index (χ4v) is 2.06. The highest BCUT2D eigenvalue weighted by Crippen LogP contribution is 2.26. The van der Waals surface area contributed by atoms with E-state index in [0.29, 0.717) is 12.2 Å². The Hall–Kier alpha value is -0.450. The summed E-state index contributed by atoms with van der Waals surface area (Å²) in [6.45, 7) is 4.37. The molecule has 1 aromatic rings. The molecule has 1 atom stereocenters. The van der Waals surface area contributed by atoms with Crippen LogP contribution in [-0.4, -0.2) is 19.8 Å². The van der Waals surface area contributed by atoms with Crippen molar-refractivity contribution < 1.29 is 9.13 Å². The second-order valence-electron chi connectivity index (χ2n) is 3.86. The highest BCUT2D eigenvalue weighted by molar-refractivity contribution is 9.10. The molecule has 0 bridgehead atoms. The van der Waals surface area contributed by atoms with E-state index in [-0.39, 0.29) is 18.0 Å². The maximum absolute atomic E-state index is 13.7. The Morgan fingerprint density at radius 2 is 2.12 bits per heavy atom. The zero-order valence-electron chi connectivity index (χ0n) is 9.76. The van der Waals surface area contributed by atoms with Gasteiger partial charge in [-0.2, -0.15) is 0 Å². The van der Waals surface area contributed by atoms with Crippen LogP contribution in [0, 0.1) is 5.82 Å². The first kappa shape index (κ1) is 13.6. The van der Waals surface area contributed by atoms with Crippen molar-refractivity contribution in [3.05, 3.63) is 34.1 Å². The molecular weight excluding hydrogens is 273 g/mol. The normalized spacial score (nSPS) is 13.1. The zero-order chi connectivity index (χ0) is 12.1. The molecule has 0 aromatic heterocycles. The molecule has 0 heterocycles. The number of likely N-dealkylation sites (N-methyl/N-ethyl adjacent to an activating group) is 1. The van der Waals surface area contributed by atoms with E-state index < -0.39 is 0 Å². The van der Waals surface area contributed by atoms with Gasteiger partial charge >= 0.3 is 0 Å². The van der Waals surface area contributed by atoms with Crippen LogP contribution in [0.5, 0.6) is 0 Å². The third-order valence-corrected chi connectivity index (χ3v) is 2.98. The lowest BCUT2D eigenvalue weighted by atomic mass is 10.1. The quantitative estimate of drug-likeness (QED) is 0.898. The summed E-state index contributed by atoms with van der Waals surface area (Å²) in [5.41, 5.74) is 0.616. The summed E-state index contributed by atoms with van der Waals surface area (Å²) in [6, 6.07) is 4.83. The summed E-state index contributed by atoms with van der Waals surface area (Å²) < 4.78 is 20.0. The van der Waals surface area contributed by atoms with E-state index in [0.717, 1.165) is 4.47 Å². The van der Waals surface area contributed by atoms with Crippen LogP contribution in [0.4, 0.5) is 4.39 Å². The van der Waals surface area contributed by atoms with Gasteiger partial charge in [0.05, 0.1) is 18.8 Å². The number of halogens is 2. The lowest BCUT2D eigenvalue weighted by Gasteiger charge is -2.20. The van der Waals surface area contributed by atoms with Crippen LogP contribution in [-0.2, 0) is 4.74 Å². The molecule has 1 aromatic carbocycles. The molecule has 0 radical (unpaired) electrons. The standard InChI is InChI=1S/C12H17BrFNO/c1-8(2)16-7-11(15-3)12-9(13)5-4-6-10(12)14/h4-6,8,11,15H,7H2,1-3H3. The van der Waals surface area contributed by atoms with Crippen LogP contribution in [0.25, 0.3) is 0 Å². The Morgan fingerprint density at radius 3 is 2.62 bits per heavy atom. The van der Waals surface area contributed by atoms with Crippen molar-refractivity contribution >= 4 is 15.9 Å². The van der Waals surface area contributed by atoms with Crippen LogP contribution in [0.15, 0.2) is 22.7 Å². The average Bonchev–Trinajstić information content (AvgIpc) is 2.22. The molecule has 0 aliphatic rings. The van der Waals surface area contributed by atoms with E-state index in [1.54, 1.807) is 13.1 Å². The van der Waals surface area contributed by atoms with Gasteiger partial charge in [-0.15, -0.1) is 0 Å². The maximum Gasteiger partial charge on any atom is 0.129 e. The fourth-order valence-electron chi connectivity index (χ4n) is 1.44. The van der Waals surface area contributed by atoms with Crippen molar-refractivity contribution in [3.8, 4) is 0 Å². The molecule has 2 nitrogen and oxygen atoms in total. The number of nitrogens with one attached hydrogen (secondary N) is 1. The molecule has 1 N–H and O–H groups in total. The van der Waals surface area contributed by atoms with E-state index in [1.807, 2.05) is 19.9 Å². The Kier molecular flexibility index (Phi) is 5.38. The van der Waals surface area contributed by atoms with Crippen LogP contribution in [0.3, 0.4) is 0 Å². The Balaban J connectivity index is 2.86. The first-order valence-corrected chi connectivity index (χ1v) is 6.08. The summed E-state index contributed by atoms with van der Waals surface area (Å²) >= 11 is 3.36. The van der Waals surface area contributed by atoms with Gasteiger partial charge < -0.3 is 10.1 Å². The molecule has 0 aliphatic heterocycles. The highest BCUT2D eigenvalue weighted by atomic mass is 79.9. The molecular formula is C12H17BrFNO. The van der Waals surface area contributed by atoms with Crippen molar-refractivity contribution in [3.63, 3.8) is 0 Å². The Labute approximate surface area is 104 Å². The first-order valence-electron chi connectivity index (χ1n) is 5.29. The molecule has 0 saturated heterocycles. The monoisotopic (exact) mass is 289 g/mol. The minimum Gasteiger partial charge on any atom is -0.377 e. The van der Waals surface area contributed by atoms with E-state index in [4.69, 9.17) is 4.74 Å². The van der Waals surface area contributed by atoms with Crippen LogP contribution in [0.1, 0.15) is 25.5 Å². The number of hydrogen-bond donors (Lipinski definition) is 1. The molecule has 1 unspecified atom stereocenters. The second-order valence-corrected chi connectivity index (χ2v) is 4.71. The molecule has 0 spiro atoms. The minimum atomic E-state index is -0.221. The Morgan fingerprint density at radius 1 is 1.44 bits per heavy atom. The number of benzene rings is 1. The molecule has 0 saturated carbocycles. The van der Waals surface area contributed by atoms with Gasteiger partial charge in [-0.05, 0) is 33.0 Å². The van der Waals surface area contributed by atoms with E-state index in [1.165, 1.54) is 6.07 Å². The minimum absolute atomic E-state index is 0.140. The van der Waals surface area contributed by atoms with E-state index in [2.05, 4.69) is 21.2 Å². The lowest BCUT2D eigenvalue weighted by Crippen LogP contribution is -2.24. The predicted molar refractivity (Wildman–Crippen MR) is 67.0 cm³/mol. The smallest absolute Gasteiger partial charge is 0.129 e. The van der Waals surface area contributed by atoms with Gasteiger partial charge in [0.15, 0.2) is 0 Å². The maximum atomic E-state index is 13.7. The number of rotatable bonds is 5. The van der Waals surface area contributed by atoms with E-state index >= 15 is 0 Å². The fraction of sp³-hybridized carbons (Fsp3) is 0.500. The third kappa shape index (κ3) is 3.54. The molecule has 0 fully saturated rings. The van der Waals surface area contributed by atoms with Crippen molar-refractivity contribution in [2.24, 2.45) is 0 Å². The topological polar surface area (TPSA) is 21.3 Å². The van der Waals surface area contributed by atoms with Crippen molar-refractivity contribution in [2.75, 3.05) is 13.7 Å². The largest absolute Gasteiger partial charge is 0.377 e. The second kappa shape index (κ2) is 6.33. The van der Waals surface area contributed by atoms with Gasteiger partial charge in [0.1, 0.15) is 5.82 Å². The predicted octanol–water partition coefficient (Wildman–Crippen LogP) is 3.27. The molecule has 0 aliphatic carbocycles. The number of hydrogen-bond acceptors (Lipinski definition) is 2. The zero-order valence-corrected chi connectivity index (χ0v) is 11.3. The summed E-state index contributed by atoms with van der Waals surface area (Å²) in [4.78, 5) is 0. The highest BCUT2D eigenvalue weighted by Gasteiger charge is 2.17. The molecule has 1 rings (SSSR count). The van der Waals surface area contributed by atoms with Gasteiger partial charge in [0, 0.05) is 10.0 Å². The molecule has 90 valence electrons. The van der Waals surface area contributed by atoms with Crippen LogP contribution < -0.4 is 5.32 Å². The van der Waals surface area contributed by atoms with Crippen LogP contribution >= 0.6 is 15.9 Å². The summed E-state index contributed by atoms with van der Waals surface area (Å²) in [5.74, 6) is -0.221. The lowest BCUT2D eigenvalue weighted by molar-refractivity contribution is 0.0618. The van der Waals surface area contributed by atoms with Gasteiger partial charge in [-0.1, -0.05) is 22.0 Å². The van der Waals surface area contributed by atoms with Crippen LogP contribution in [0.2, 0.25) is 0 Å². The molecule has 16 heavy (non-hydrogen) atoms. The van der Waals surface area contributed by atoms with Crippen molar-refractivity contribution in [1.82, 2.24) is 5.32 Å². The first-order chi connectivity index (χ1) is 7.56. The molecule has 4 heteroatoms. The van der Waals surface area contributed by atoms with Gasteiger partial charge in [-0.25, -0.2) is 4.39 Å². The number of ether oxygens (including phenoxy) is 1. The summed E-state index contributed by atoms with van der Waals surface area (Å²) in [6.07, 6.45) is 0.140. The average molecular weight is 290 g/mol. The van der Waals surface area contributed by atoms with Gasteiger partial charge in [-0.3, -0.25) is 0 Å². The van der Waals surface area contributed by atoms with Gasteiger partial charge in [0.25, 0.3) is 0 Å². The third-order valence-electron chi connectivity index (χ3n) is 2.29. The summed E-state index contributed by atoms with van der Waals surface area (Å²) in [7, 11) is 1.80. The molecule has 0 amide bonds. The van der Waals surface area contributed by atoms with Gasteiger partial charge in [0.2, 0.25) is 0 Å². The van der Waals surface area contributed by atoms with Crippen molar-refractivity contribution in [1.29, 1.82) is 0 Å². The van der Waals surface area contributed by atoms with E-state index in [9.17, 15) is 4.39 Å². The van der Waals surface area contributed by atoms with Crippen molar-refractivity contribution in [2.45, 2.75) is 26.0 Å². The summed E-state index contributed by atoms with van der Waals surface area (Å²) in [5, 5.41) is 3.06. The SMILES string of the molecule is CNC(COC(C)C)c1c(F)cccc1Br.